The number of aryl methyl sites for hydroxylation is 1. The van der Waals surface area contributed by atoms with E-state index >= 15 is 0 Å². The molecule has 1 aromatic heterocycles. The molecule has 2 fully saturated rings. The third kappa shape index (κ3) is 3.14. The van der Waals surface area contributed by atoms with Crippen molar-refractivity contribution in [2.24, 2.45) is 11.8 Å². The molecular weight excluding hydrogens is 378 g/mol. The molecule has 1 saturated heterocycles. The van der Waals surface area contributed by atoms with Crippen LogP contribution in [0, 0.1) is 18.8 Å². The van der Waals surface area contributed by atoms with Crippen molar-refractivity contribution >= 4 is 23.4 Å². The Kier molecular flexibility index (Phi) is 4.57. The lowest BCUT2D eigenvalue weighted by Crippen LogP contribution is -2.33. The largest absolute Gasteiger partial charge is 0.302 e. The summed E-state index contributed by atoms with van der Waals surface area (Å²) < 4.78 is 1.86. The van der Waals surface area contributed by atoms with Crippen LogP contribution in [0.2, 0.25) is 5.02 Å². The van der Waals surface area contributed by atoms with Gasteiger partial charge >= 0.3 is 0 Å². The van der Waals surface area contributed by atoms with E-state index in [2.05, 4.69) is 28.1 Å². The number of hydrogen-bond acceptors (Lipinski definition) is 4. The average Bonchev–Trinajstić information content (AvgIpc) is 3.21. The molecule has 2 aromatic rings. The Labute approximate surface area is 168 Å². The number of benzene rings is 1. The summed E-state index contributed by atoms with van der Waals surface area (Å²) in [7, 11) is 0. The van der Waals surface area contributed by atoms with Gasteiger partial charge in [0.05, 0.1) is 0 Å². The van der Waals surface area contributed by atoms with Gasteiger partial charge < -0.3 is 4.90 Å². The molecule has 0 spiro atoms. The zero-order valence-electron chi connectivity index (χ0n) is 15.5. The van der Waals surface area contributed by atoms with Crippen molar-refractivity contribution in [3.63, 3.8) is 0 Å². The minimum Gasteiger partial charge on any atom is -0.302 e. The molecule has 3 atom stereocenters. The predicted octanol–water partition coefficient (Wildman–Crippen LogP) is 3.59. The van der Waals surface area contributed by atoms with Gasteiger partial charge in [0.1, 0.15) is 0 Å². The van der Waals surface area contributed by atoms with Crippen molar-refractivity contribution < 1.29 is 0 Å². The Balaban J connectivity index is 1.25. The van der Waals surface area contributed by atoms with Gasteiger partial charge in [0.2, 0.25) is 0 Å². The van der Waals surface area contributed by atoms with Gasteiger partial charge in [0, 0.05) is 48.2 Å². The van der Waals surface area contributed by atoms with Crippen LogP contribution in [0.4, 0.5) is 0 Å². The zero-order valence-corrected chi connectivity index (χ0v) is 17.1. The molecule has 6 heteroatoms. The SMILES string of the molecule is Cc1nc2n(c(=O)c1CCN1CC3CC(c4cccc(Cl)c4)C3C1)CCS2. The van der Waals surface area contributed by atoms with Crippen LogP contribution < -0.4 is 5.56 Å². The lowest BCUT2D eigenvalue weighted by molar-refractivity contribution is 0.191. The predicted molar refractivity (Wildman–Crippen MR) is 110 cm³/mol. The first-order valence-corrected chi connectivity index (χ1v) is 11.2. The van der Waals surface area contributed by atoms with Gasteiger partial charge in [-0.1, -0.05) is 35.5 Å². The van der Waals surface area contributed by atoms with Crippen molar-refractivity contribution in [2.45, 2.75) is 37.4 Å². The van der Waals surface area contributed by atoms with Crippen LogP contribution in [0.3, 0.4) is 0 Å². The minimum absolute atomic E-state index is 0.182. The van der Waals surface area contributed by atoms with Crippen LogP contribution in [0.1, 0.15) is 29.2 Å². The van der Waals surface area contributed by atoms with Gasteiger partial charge in [-0.3, -0.25) is 9.36 Å². The summed E-state index contributed by atoms with van der Waals surface area (Å²) in [4.78, 5) is 20.0. The highest BCUT2D eigenvalue weighted by Crippen LogP contribution is 2.51. The number of fused-ring (bicyclic) bond motifs is 2. The summed E-state index contributed by atoms with van der Waals surface area (Å²) in [5.74, 6) is 3.14. The van der Waals surface area contributed by atoms with E-state index in [1.165, 1.54) is 12.0 Å². The highest BCUT2D eigenvalue weighted by Gasteiger charge is 2.47. The molecule has 1 aromatic carbocycles. The maximum Gasteiger partial charge on any atom is 0.257 e. The normalized spacial score (nSPS) is 26.7. The van der Waals surface area contributed by atoms with Crippen molar-refractivity contribution in [1.82, 2.24) is 14.5 Å². The van der Waals surface area contributed by atoms with Crippen LogP contribution in [0.25, 0.3) is 0 Å². The zero-order chi connectivity index (χ0) is 18.5. The van der Waals surface area contributed by atoms with E-state index < -0.39 is 0 Å². The standard InChI is InChI=1S/C21H24ClN3OS/c1-13-17(20(26)25-7-8-27-21(25)23-13)5-6-24-11-15-10-18(19(15)12-24)14-3-2-4-16(22)9-14/h2-4,9,15,18-19H,5-8,10-12H2,1H3. The molecule has 3 heterocycles. The molecule has 2 aliphatic heterocycles. The number of likely N-dealkylation sites (tertiary alicyclic amines) is 1. The molecule has 3 unspecified atom stereocenters. The smallest absolute Gasteiger partial charge is 0.257 e. The third-order valence-electron chi connectivity index (χ3n) is 6.58. The fourth-order valence-electron chi connectivity index (χ4n) is 5.07. The molecule has 0 N–H and O–H groups in total. The lowest BCUT2D eigenvalue weighted by Gasteiger charge is -2.40. The van der Waals surface area contributed by atoms with Crippen molar-refractivity contribution in [3.8, 4) is 0 Å². The highest BCUT2D eigenvalue weighted by atomic mass is 35.5. The molecule has 3 aliphatic rings. The van der Waals surface area contributed by atoms with Crippen LogP contribution in [-0.2, 0) is 13.0 Å². The Morgan fingerprint density at radius 2 is 2.22 bits per heavy atom. The number of rotatable bonds is 4. The van der Waals surface area contributed by atoms with Gasteiger partial charge in [-0.25, -0.2) is 4.98 Å². The maximum atomic E-state index is 12.8. The van der Waals surface area contributed by atoms with E-state index in [0.717, 1.165) is 71.6 Å². The fraction of sp³-hybridized carbons (Fsp3) is 0.524. The highest BCUT2D eigenvalue weighted by molar-refractivity contribution is 7.99. The van der Waals surface area contributed by atoms with E-state index in [4.69, 9.17) is 11.6 Å². The monoisotopic (exact) mass is 401 g/mol. The summed E-state index contributed by atoms with van der Waals surface area (Å²) in [6.07, 6.45) is 2.07. The number of thioether (sulfide) groups is 1. The molecule has 0 radical (unpaired) electrons. The van der Waals surface area contributed by atoms with Gasteiger partial charge in [-0.05, 0) is 55.2 Å². The van der Waals surface area contributed by atoms with Gasteiger partial charge in [-0.15, -0.1) is 0 Å². The first-order chi connectivity index (χ1) is 13.1. The van der Waals surface area contributed by atoms with E-state index in [9.17, 15) is 4.79 Å². The molecule has 1 aliphatic carbocycles. The number of hydrogen-bond donors (Lipinski definition) is 0. The summed E-state index contributed by atoms with van der Waals surface area (Å²) in [6.45, 7) is 6.04. The number of aromatic nitrogens is 2. The number of halogens is 1. The maximum absolute atomic E-state index is 12.8. The molecule has 27 heavy (non-hydrogen) atoms. The Hall–Kier alpha value is -1.30. The van der Waals surface area contributed by atoms with Crippen molar-refractivity contribution in [2.75, 3.05) is 25.4 Å². The lowest BCUT2D eigenvalue weighted by atomic mass is 9.64. The molecule has 1 saturated carbocycles. The molecular formula is C21H24ClN3OS. The average molecular weight is 402 g/mol. The summed E-state index contributed by atoms with van der Waals surface area (Å²) in [5.41, 5.74) is 3.40. The second-order valence-electron chi connectivity index (χ2n) is 8.09. The van der Waals surface area contributed by atoms with Crippen molar-refractivity contribution in [3.05, 3.63) is 56.5 Å². The van der Waals surface area contributed by atoms with E-state index in [1.54, 1.807) is 11.8 Å². The first kappa shape index (κ1) is 17.8. The van der Waals surface area contributed by atoms with Crippen LogP contribution >= 0.6 is 23.4 Å². The minimum atomic E-state index is 0.182. The van der Waals surface area contributed by atoms with Crippen LogP contribution in [-0.4, -0.2) is 39.8 Å². The molecule has 4 nitrogen and oxygen atoms in total. The number of nitrogens with zero attached hydrogens (tertiary/aromatic N) is 3. The topological polar surface area (TPSA) is 38.1 Å². The first-order valence-electron chi connectivity index (χ1n) is 9.81. The van der Waals surface area contributed by atoms with Gasteiger partial charge in [-0.2, -0.15) is 0 Å². The van der Waals surface area contributed by atoms with Gasteiger partial charge in [0.15, 0.2) is 5.16 Å². The van der Waals surface area contributed by atoms with E-state index in [0.29, 0.717) is 5.92 Å². The Bertz CT molecular complexity index is 944. The Morgan fingerprint density at radius 1 is 1.33 bits per heavy atom. The summed E-state index contributed by atoms with van der Waals surface area (Å²) in [6, 6.07) is 8.36. The van der Waals surface area contributed by atoms with Crippen LogP contribution in [0.15, 0.2) is 34.2 Å². The summed E-state index contributed by atoms with van der Waals surface area (Å²) in [5, 5.41) is 1.73. The molecule has 0 bridgehead atoms. The fourth-order valence-corrected chi connectivity index (χ4v) is 6.26. The van der Waals surface area contributed by atoms with E-state index in [-0.39, 0.29) is 5.56 Å². The molecule has 0 amide bonds. The third-order valence-corrected chi connectivity index (χ3v) is 7.77. The second-order valence-corrected chi connectivity index (χ2v) is 9.59. The van der Waals surface area contributed by atoms with Crippen molar-refractivity contribution in [1.29, 1.82) is 0 Å². The van der Waals surface area contributed by atoms with E-state index in [1.807, 2.05) is 17.6 Å². The molecule has 5 rings (SSSR count). The quantitative estimate of drug-likeness (QED) is 0.734. The summed E-state index contributed by atoms with van der Waals surface area (Å²) >= 11 is 7.87. The van der Waals surface area contributed by atoms with Crippen LogP contribution in [0.5, 0.6) is 0 Å². The molecule has 142 valence electrons. The van der Waals surface area contributed by atoms with Gasteiger partial charge in [0.25, 0.3) is 5.56 Å². The second kappa shape index (κ2) is 6.94. The Morgan fingerprint density at radius 3 is 3.07 bits per heavy atom.